The monoisotopic (exact) mass is 342 g/mol. The zero-order valence-corrected chi connectivity index (χ0v) is 12.6. The van der Waals surface area contributed by atoms with E-state index in [9.17, 15) is 14.7 Å². The molecular formula is C14H15BrO5. The molecule has 6 heteroatoms. The van der Waals surface area contributed by atoms with Crippen molar-refractivity contribution < 1.29 is 24.2 Å². The molecular weight excluding hydrogens is 328 g/mol. The summed E-state index contributed by atoms with van der Waals surface area (Å²) in [4.78, 5) is 22.2. The largest absolute Gasteiger partial charge is 0.504 e. The summed E-state index contributed by atoms with van der Waals surface area (Å²) in [5.74, 6) is -1.08. The van der Waals surface area contributed by atoms with Crippen LogP contribution < -0.4 is 4.74 Å². The first-order valence-electron chi connectivity index (χ1n) is 5.95. The Hall–Kier alpha value is -1.82. The van der Waals surface area contributed by atoms with Gasteiger partial charge < -0.3 is 14.6 Å². The van der Waals surface area contributed by atoms with Crippen molar-refractivity contribution in [3.8, 4) is 11.5 Å². The number of carbonyl (C=O) groups is 2. The molecule has 0 aliphatic heterocycles. The first-order valence-corrected chi connectivity index (χ1v) is 7.07. The summed E-state index contributed by atoms with van der Waals surface area (Å²) in [6, 6.07) is 4.43. The van der Waals surface area contributed by atoms with Crippen molar-refractivity contribution in [1.29, 1.82) is 0 Å². The number of alkyl halides is 1. The SMILES string of the molecule is CC(=O)Oc1cc(/C=C/C(=O)OCCCBr)ccc1O. The molecule has 20 heavy (non-hydrogen) atoms. The Labute approximate surface area is 125 Å². The predicted molar refractivity (Wildman–Crippen MR) is 77.8 cm³/mol. The number of carbonyl (C=O) groups excluding carboxylic acids is 2. The molecule has 5 nitrogen and oxygen atoms in total. The first-order chi connectivity index (χ1) is 9.52. The summed E-state index contributed by atoms with van der Waals surface area (Å²) < 4.78 is 9.76. The molecule has 108 valence electrons. The maximum Gasteiger partial charge on any atom is 0.330 e. The van der Waals surface area contributed by atoms with Gasteiger partial charge in [0.2, 0.25) is 0 Å². The number of hydrogen-bond donors (Lipinski definition) is 1. The number of benzene rings is 1. The molecule has 1 rings (SSSR count). The highest BCUT2D eigenvalue weighted by Gasteiger charge is 2.05. The van der Waals surface area contributed by atoms with Gasteiger partial charge in [0.1, 0.15) is 0 Å². The van der Waals surface area contributed by atoms with Gasteiger partial charge in [-0.1, -0.05) is 22.0 Å². The number of phenolic OH excluding ortho intramolecular Hbond substituents is 1. The van der Waals surface area contributed by atoms with Crippen LogP contribution in [-0.4, -0.2) is 29.0 Å². The smallest absolute Gasteiger partial charge is 0.330 e. The van der Waals surface area contributed by atoms with Crippen LogP contribution >= 0.6 is 15.9 Å². The van der Waals surface area contributed by atoms with E-state index in [-0.39, 0.29) is 11.5 Å². The van der Waals surface area contributed by atoms with Crippen LogP contribution in [0.15, 0.2) is 24.3 Å². The lowest BCUT2D eigenvalue weighted by atomic mass is 10.2. The Kier molecular flexibility index (Phi) is 6.79. The number of rotatable bonds is 6. The Morgan fingerprint density at radius 1 is 1.40 bits per heavy atom. The Balaban J connectivity index is 2.67. The zero-order valence-electron chi connectivity index (χ0n) is 11.0. The van der Waals surface area contributed by atoms with Crippen LogP contribution in [0.1, 0.15) is 18.9 Å². The van der Waals surface area contributed by atoms with E-state index < -0.39 is 11.9 Å². The van der Waals surface area contributed by atoms with E-state index in [0.717, 1.165) is 11.8 Å². The minimum absolute atomic E-state index is 0.0484. The minimum atomic E-state index is -0.532. The Morgan fingerprint density at radius 2 is 2.15 bits per heavy atom. The van der Waals surface area contributed by atoms with Gasteiger partial charge in [-0.15, -0.1) is 0 Å². The third-order valence-electron chi connectivity index (χ3n) is 2.17. The average molecular weight is 343 g/mol. The molecule has 0 spiro atoms. The van der Waals surface area contributed by atoms with Crippen LogP contribution in [0.25, 0.3) is 6.08 Å². The number of ether oxygens (including phenoxy) is 2. The number of esters is 2. The van der Waals surface area contributed by atoms with Gasteiger partial charge in [-0.25, -0.2) is 4.79 Å². The van der Waals surface area contributed by atoms with Gasteiger partial charge in [0, 0.05) is 18.3 Å². The Morgan fingerprint density at radius 3 is 2.80 bits per heavy atom. The number of phenols is 1. The van der Waals surface area contributed by atoms with Crippen LogP contribution in [0.2, 0.25) is 0 Å². The van der Waals surface area contributed by atoms with E-state index in [4.69, 9.17) is 9.47 Å². The van der Waals surface area contributed by atoms with Gasteiger partial charge in [-0.2, -0.15) is 0 Å². The second-order valence-corrected chi connectivity index (χ2v) is 4.66. The lowest BCUT2D eigenvalue weighted by Crippen LogP contribution is -2.02. The van der Waals surface area contributed by atoms with Crippen molar-refractivity contribution in [3.63, 3.8) is 0 Å². The maximum absolute atomic E-state index is 11.4. The molecule has 0 radical (unpaired) electrons. The fraction of sp³-hybridized carbons (Fsp3) is 0.286. The average Bonchev–Trinajstić information content (AvgIpc) is 2.39. The summed E-state index contributed by atoms with van der Waals surface area (Å²) in [5, 5.41) is 10.3. The lowest BCUT2D eigenvalue weighted by molar-refractivity contribution is -0.137. The molecule has 0 amide bonds. The lowest BCUT2D eigenvalue weighted by Gasteiger charge is -2.05. The molecule has 0 fully saturated rings. The van der Waals surface area contributed by atoms with E-state index in [1.54, 1.807) is 6.07 Å². The molecule has 0 unspecified atom stereocenters. The summed E-state index contributed by atoms with van der Waals surface area (Å²) in [7, 11) is 0. The van der Waals surface area contributed by atoms with Gasteiger partial charge in [-0.05, 0) is 30.2 Å². The van der Waals surface area contributed by atoms with Crippen LogP contribution in [-0.2, 0) is 14.3 Å². The van der Waals surface area contributed by atoms with Gasteiger partial charge >= 0.3 is 11.9 Å². The molecule has 1 aromatic rings. The molecule has 0 heterocycles. The fourth-order valence-corrected chi connectivity index (χ4v) is 1.54. The van der Waals surface area contributed by atoms with Crippen molar-refractivity contribution in [2.24, 2.45) is 0 Å². The molecule has 0 saturated carbocycles. The zero-order chi connectivity index (χ0) is 15.0. The van der Waals surface area contributed by atoms with Crippen molar-refractivity contribution >= 4 is 33.9 Å². The number of aromatic hydroxyl groups is 1. The second kappa shape index (κ2) is 8.37. The third kappa shape index (κ3) is 5.88. The predicted octanol–water partition coefficient (Wildman–Crippen LogP) is 2.66. The summed E-state index contributed by atoms with van der Waals surface area (Å²) in [6.07, 6.45) is 3.54. The highest BCUT2D eigenvalue weighted by atomic mass is 79.9. The van der Waals surface area contributed by atoms with Crippen molar-refractivity contribution in [2.75, 3.05) is 11.9 Å². The van der Waals surface area contributed by atoms with Crippen molar-refractivity contribution in [1.82, 2.24) is 0 Å². The molecule has 0 aliphatic carbocycles. The van der Waals surface area contributed by atoms with Crippen LogP contribution in [0.5, 0.6) is 11.5 Å². The second-order valence-electron chi connectivity index (χ2n) is 3.86. The first kappa shape index (κ1) is 16.2. The minimum Gasteiger partial charge on any atom is -0.504 e. The van der Waals surface area contributed by atoms with E-state index >= 15 is 0 Å². The van der Waals surface area contributed by atoms with Crippen LogP contribution in [0.3, 0.4) is 0 Å². The van der Waals surface area contributed by atoms with Gasteiger partial charge in [0.15, 0.2) is 11.5 Å². The van der Waals surface area contributed by atoms with Gasteiger partial charge in [-0.3, -0.25) is 4.79 Å². The van der Waals surface area contributed by atoms with Crippen molar-refractivity contribution in [2.45, 2.75) is 13.3 Å². The standard InChI is InChI=1S/C14H15BrO5/c1-10(16)20-13-9-11(3-5-12(13)17)4-6-14(18)19-8-2-7-15/h3-6,9,17H,2,7-8H2,1H3/b6-4+. The quantitative estimate of drug-likeness (QED) is 0.283. The topological polar surface area (TPSA) is 72.8 Å². The normalized spacial score (nSPS) is 10.5. The van der Waals surface area contributed by atoms with Gasteiger partial charge in [0.05, 0.1) is 6.61 Å². The van der Waals surface area contributed by atoms with Crippen LogP contribution in [0.4, 0.5) is 0 Å². The number of hydrogen-bond acceptors (Lipinski definition) is 5. The third-order valence-corrected chi connectivity index (χ3v) is 2.73. The van der Waals surface area contributed by atoms with E-state index in [2.05, 4.69) is 15.9 Å². The molecule has 1 aromatic carbocycles. The molecule has 0 bridgehead atoms. The fourth-order valence-electron chi connectivity index (χ4n) is 1.31. The molecule has 0 aromatic heterocycles. The molecule has 0 atom stereocenters. The van der Waals surface area contributed by atoms with E-state index in [1.807, 2.05) is 0 Å². The highest BCUT2D eigenvalue weighted by molar-refractivity contribution is 9.09. The Bertz CT molecular complexity index is 510. The van der Waals surface area contributed by atoms with Crippen molar-refractivity contribution in [3.05, 3.63) is 29.8 Å². The van der Waals surface area contributed by atoms with E-state index in [0.29, 0.717) is 12.2 Å². The van der Waals surface area contributed by atoms with Crippen LogP contribution in [0, 0.1) is 0 Å². The molecule has 1 N–H and O–H groups in total. The molecule has 0 saturated heterocycles. The number of halogens is 1. The summed E-state index contributed by atoms with van der Waals surface area (Å²) in [5.41, 5.74) is 0.608. The maximum atomic E-state index is 11.4. The van der Waals surface area contributed by atoms with Gasteiger partial charge in [0.25, 0.3) is 0 Å². The highest BCUT2D eigenvalue weighted by Crippen LogP contribution is 2.27. The summed E-state index contributed by atoms with van der Waals surface area (Å²) in [6.45, 7) is 1.59. The van der Waals surface area contributed by atoms with E-state index in [1.165, 1.54) is 31.2 Å². The molecule has 0 aliphatic rings. The summed E-state index contributed by atoms with van der Waals surface area (Å²) >= 11 is 3.24.